The average molecular weight is 334 g/mol. The Balaban J connectivity index is -0.000000371. The van der Waals surface area contributed by atoms with Gasteiger partial charge < -0.3 is 4.90 Å². The third-order valence-corrected chi connectivity index (χ3v) is 3.37. The monoisotopic (exact) mass is 333 g/mol. The molecule has 0 amide bonds. The van der Waals surface area contributed by atoms with Gasteiger partial charge in [0.2, 0.25) is 0 Å². The molecule has 0 radical (unpaired) electrons. The third kappa shape index (κ3) is 15.6. The minimum absolute atomic E-state index is 0.680. The Labute approximate surface area is 153 Å². The van der Waals surface area contributed by atoms with E-state index >= 15 is 0 Å². The van der Waals surface area contributed by atoms with Crippen LogP contribution in [-0.4, -0.2) is 25.5 Å². The summed E-state index contributed by atoms with van der Waals surface area (Å²) in [5, 5.41) is 0. The Morgan fingerprint density at radius 2 is 1.46 bits per heavy atom. The summed E-state index contributed by atoms with van der Waals surface area (Å²) in [4.78, 5) is 2.18. The van der Waals surface area contributed by atoms with E-state index in [1.165, 1.54) is 36.9 Å². The van der Waals surface area contributed by atoms with Crippen molar-refractivity contribution in [1.82, 2.24) is 4.90 Å². The van der Waals surface area contributed by atoms with Gasteiger partial charge in [0.1, 0.15) is 0 Å². The summed E-state index contributed by atoms with van der Waals surface area (Å²) in [6.45, 7) is 23.9. The standard InChI is InChI=1S/C14H20.C5H13N.C2H6.C2H4/c1-5-6-12(4)14-9-7-13(8-10-14)11(2)3;1-4-5-6(2)3;2*1-2/h7-10,12H,2,5-6H2,1,3-4H3;4-5H2,1-3H3;1-2H3;1-2H2. The number of benzene rings is 1. The summed E-state index contributed by atoms with van der Waals surface area (Å²) in [5.74, 6) is 0.680. The summed E-state index contributed by atoms with van der Waals surface area (Å²) < 4.78 is 0. The van der Waals surface area contributed by atoms with Crippen LogP contribution in [0, 0.1) is 0 Å². The number of hydrogen-bond acceptors (Lipinski definition) is 1. The number of rotatable bonds is 6. The molecular weight excluding hydrogens is 290 g/mol. The molecule has 1 unspecified atom stereocenters. The fraction of sp³-hybridized carbons (Fsp3) is 0.565. The molecule has 0 saturated carbocycles. The van der Waals surface area contributed by atoms with Crippen molar-refractivity contribution >= 4 is 5.57 Å². The topological polar surface area (TPSA) is 3.24 Å². The van der Waals surface area contributed by atoms with Crippen LogP contribution in [0.3, 0.4) is 0 Å². The molecule has 0 saturated heterocycles. The zero-order valence-electron chi connectivity index (χ0n) is 17.8. The molecule has 1 aromatic carbocycles. The van der Waals surface area contributed by atoms with Crippen molar-refractivity contribution in [1.29, 1.82) is 0 Å². The van der Waals surface area contributed by atoms with E-state index in [0.717, 1.165) is 5.57 Å². The molecule has 1 nitrogen and oxygen atoms in total. The summed E-state index contributed by atoms with van der Waals surface area (Å²) in [5.41, 5.74) is 3.83. The lowest BCUT2D eigenvalue weighted by atomic mass is 9.95. The molecule has 0 aromatic heterocycles. The average Bonchev–Trinajstić information content (AvgIpc) is 2.59. The van der Waals surface area contributed by atoms with Crippen LogP contribution in [-0.2, 0) is 0 Å². The molecule has 0 fully saturated rings. The number of nitrogens with zero attached hydrogens (tertiary/aromatic N) is 1. The zero-order valence-corrected chi connectivity index (χ0v) is 17.8. The zero-order chi connectivity index (χ0) is 19.5. The SMILES string of the molecule is C=C.C=C(C)c1ccc(C(C)CCC)cc1.CC.CCCN(C)C. The maximum Gasteiger partial charge on any atom is -0.00275 e. The lowest BCUT2D eigenvalue weighted by molar-refractivity contribution is 0.408. The molecule has 0 N–H and O–H groups in total. The van der Waals surface area contributed by atoms with E-state index in [2.05, 4.69) is 83.8 Å². The highest BCUT2D eigenvalue weighted by Gasteiger charge is 2.03. The summed E-state index contributed by atoms with van der Waals surface area (Å²) >= 11 is 0. The van der Waals surface area contributed by atoms with Gasteiger partial charge in [0.05, 0.1) is 0 Å². The van der Waals surface area contributed by atoms with Gasteiger partial charge in [0.25, 0.3) is 0 Å². The first-order valence-corrected chi connectivity index (χ1v) is 9.32. The Bertz CT molecular complexity index is 376. The van der Waals surface area contributed by atoms with Crippen molar-refractivity contribution < 1.29 is 0 Å². The van der Waals surface area contributed by atoms with Crippen LogP contribution in [0.15, 0.2) is 44.0 Å². The van der Waals surface area contributed by atoms with E-state index in [1.54, 1.807) is 0 Å². The van der Waals surface area contributed by atoms with Crippen LogP contribution in [0.25, 0.3) is 5.57 Å². The molecule has 0 spiro atoms. The molecule has 24 heavy (non-hydrogen) atoms. The highest BCUT2D eigenvalue weighted by Crippen LogP contribution is 2.22. The third-order valence-electron chi connectivity index (χ3n) is 3.37. The normalized spacial score (nSPS) is 10.2. The number of hydrogen-bond donors (Lipinski definition) is 0. The van der Waals surface area contributed by atoms with Gasteiger partial charge in [-0.2, -0.15) is 0 Å². The van der Waals surface area contributed by atoms with Crippen molar-refractivity contribution in [3.63, 3.8) is 0 Å². The van der Waals surface area contributed by atoms with Crippen LogP contribution >= 0.6 is 0 Å². The highest BCUT2D eigenvalue weighted by molar-refractivity contribution is 5.61. The van der Waals surface area contributed by atoms with Gasteiger partial charge in [-0.05, 0) is 57.5 Å². The van der Waals surface area contributed by atoms with Crippen molar-refractivity contribution in [2.45, 2.75) is 66.7 Å². The Kier molecular flexibility index (Phi) is 22.6. The largest absolute Gasteiger partial charge is 0.309 e. The van der Waals surface area contributed by atoms with Crippen LogP contribution in [0.2, 0.25) is 0 Å². The second-order valence-electron chi connectivity index (χ2n) is 5.90. The second kappa shape index (κ2) is 19.7. The first kappa shape index (κ1) is 27.5. The second-order valence-corrected chi connectivity index (χ2v) is 5.90. The van der Waals surface area contributed by atoms with Gasteiger partial charge in [-0.25, -0.2) is 0 Å². The van der Waals surface area contributed by atoms with Gasteiger partial charge in [0, 0.05) is 0 Å². The smallest absolute Gasteiger partial charge is 0.00275 e. The maximum atomic E-state index is 3.94. The molecule has 0 aliphatic heterocycles. The Hall–Kier alpha value is -1.34. The quantitative estimate of drug-likeness (QED) is 0.490. The van der Waals surface area contributed by atoms with Gasteiger partial charge in [-0.3, -0.25) is 0 Å². The van der Waals surface area contributed by atoms with Crippen LogP contribution in [0.1, 0.15) is 77.8 Å². The Morgan fingerprint density at radius 1 is 1.00 bits per heavy atom. The van der Waals surface area contributed by atoms with Crippen molar-refractivity contribution in [3.8, 4) is 0 Å². The molecule has 0 heterocycles. The van der Waals surface area contributed by atoms with E-state index in [0.29, 0.717) is 5.92 Å². The summed E-state index contributed by atoms with van der Waals surface area (Å²) in [7, 11) is 4.17. The van der Waals surface area contributed by atoms with E-state index in [1.807, 2.05) is 20.8 Å². The molecule has 1 rings (SSSR count). The van der Waals surface area contributed by atoms with Crippen molar-refractivity contribution in [2.24, 2.45) is 0 Å². The first-order valence-electron chi connectivity index (χ1n) is 9.32. The lowest BCUT2D eigenvalue weighted by Crippen LogP contribution is -2.11. The summed E-state index contributed by atoms with van der Waals surface area (Å²) in [6.07, 6.45) is 3.78. The first-order chi connectivity index (χ1) is 11.4. The van der Waals surface area contributed by atoms with Gasteiger partial charge >= 0.3 is 0 Å². The Morgan fingerprint density at radius 3 is 1.71 bits per heavy atom. The minimum atomic E-state index is 0.680. The van der Waals surface area contributed by atoms with E-state index in [-0.39, 0.29) is 0 Å². The molecule has 0 aliphatic carbocycles. The van der Waals surface area contributed by atoms with Crippen LogP contribution in [0.5, 0.6) is 0 Å². The number of allylic oxidation sites excluding steroid dienone is 1. The van der Waals surface area contributed by atoms with Gasteiger partial charge in [-0.1, -0.05) is 77.5 Å². The van der Waals surface area contributed by atoms with Crippen molar-refractivity contribution in [3.05, 3.63) is 55.1 Å². The van der Waals surface area contributed by atoms with Crippen LogP contribution in [0.4, 0.5) is 0 Å². The summed E-state index contributed by atoms with van der Waals surface area (Å²) in [6, 6.07) is 8.79. The van der Waals surface area contributed by atoms with E-state index in [4.69, 9.17) is 0 Å². The maximum absolute atomic E-state index is 3.94. The van der Waals surface area contributed by atoms with E-state index < -0.39 is 0 Å². The van der Waals surface area contributed by atoms with Gasteiger partial charge in [0.15, 0.2) is 0 Å². The minimum Gasteiger partial charge on any atom is -0.309 e. The molecule has 0 aliphatic rings. The molecular formula is C23H43N. The predicted molar refractivity (Wildman–Crippen MR) is 116 cm³/mol. The fourth-order valence-electron chi connectivity index (χ4n) is 2.14. The molecule has 1 atom stereocenters. The molecule has 140 valence electrons. The van der Waals surface area contributed by atoms with E-state index in [9.17, 15) is 0 Å². The molecule has 1 aromatic rings. The van der Waals surface area contributed by atoms with Crippen molar-refractivity contribution in [2.75, 3.05) is 20.6 Å². The lowest BCUT2D eigenvalue weighted by Gasteiger charge is -2.11. The predicted octanol–water partition coefficient (Wildman–Crippen LogP) is 7.41. The molecule has 1 heteroatoms. The van der Waals surface area contributed by atoms with Crippen LogP contribution < -0.4 is 0 Å². The molecule has 0 bridgehead atoms. The fourth-order valence-corrected chi connectivity index (χ4v) is 2.14. The van der Waals surface area contributed by atoms with Gasteiger partial charge in [-0.15, -0.1) is 13.2 Å². The highest BCUT2D eigenvalue weighted by atomic mass is 15.0.